The maximum atomic E-state index is 12.6. The Balaban J connectivity index is 1.49. The van der Waals surface area contributed by atoms with Gasteiger partial charge in [-0.3, -0.25) is 14.5 Å². The number of hydrogen-bond acceptors (Lipinski definition) is 5. The normalized spacial score (nSPS) is 18.9. The SMILES string of the molecule is COc1cc(C(=O)N2CCN(CC(=O)N3CCCCC3)CC2)ccn1. The van der Waals surface area contributed by atoms with E-state index in [4.69, 9.17) is 4.74 Å². The van der Waals surface area contributed by atoms with Crippen molar-refractivity contribution in [2.45, 2.75) is 19.3 Å². The van der Waals surface area contributed by atoms with Crippen LogP contribution in [0, 0.1) is 0 Å². The number of ether oxygens (including phenoxy) is 1. The molecule has 3 heterocycles. The molecule has 3 rings (SSSR count). The lowest BCUT2D eigenvalue weighted by molar-refractivity contribution is -0.133. The Hall–Kier alpha value is -2.15. The van der Waals surface area contributed by atoms with E-state index in [2.05, 4.69) is 9.88 Å². The first-order chi connectivity index (χ1) is 12.2. The van der Waals surface area contributed by atoms with Gasteiger partial charge in [-0.25, -0.2) is 4.98 Å². The summed E-state index contributed by atoms with van der Waals surface area (Å²) >= 11 is 0. The van der Waals surface area contributed by atoms with Gasteiger partial charge in [0.2, 0.25) is 11.8 Å². The van der Waals surface area contributed by atoms with Gasteiger partial charge in [-0.05, 0) is 25.3 Å². The minimum Gasteiger partial charge on any atom is -0.481 e. The minimum absolute atomic E-state index is 0.0114. The van der Waals surface area contributed by atoms with Crippen molar-refractivity contribution in [3.8, 4) is 5.88 Å². The van der Waals surface area contributed by atoms with Crippen molar-refractivity contribution in [2.24, 2.45) is 0 Å². The van der Waals surface area contributed by atoms with E-state index in [0.717, 1.165) is 39.0 Å². The summed E-state index contributed by atoms with van der Waals surface area (Å²) in [4.78, 5) is 34.9. The number of pyridine rings is 1. The number of hydrogen-bond donors (Lipinski definition) is 0. The number of rotatable bonds is 4. The Morgan fingerprint density at radius 3 is 2.44 bits per heavy atom. The van der Waals surface area contributed by atoms with Gasteiger partial charge in [0, 0.05) is 57.1 Å². The van der Waals surface area contributed by atoms with Crippen LogP contribution in [0.15, 0.2) is 18.3 Å². The van der Waals surface area contributed by atoms with Gasteiger partial charge in [-0.1, -0.05) is 0 Å². The number of likely N-dealkylation sites (tertiary alicyclic amines) is 1. The quantitative estimate of drug-likeness (QED) is 0.809. The third kappa shape index (κ3) is 4.48. The Morgan fingerprint density at radius 1 is 1.04 bits per heavy atom. The van der Waals surface area contributed by atoms with Gasteiger partial charge in [0.15, 0.2) is 0 Å². The number of carbonyl (C=O) groups is 2. The Labute approximate surface area is 148 Å². The molecule has 0 saturated carbocycles. The van der Waals surface area contributed by atoms with Crippen molar-refractivity contribution in [3.63, 3.8) is 0 Å². The van der Waals surface area contributed by atoms with E-state index in [0.29, 0.717) is 31.1 Å². The van der Waals surface area contributed by atoms with Crippen LogP contribution in [0.3, 0.4) is 0 Å². The highest BCUT2D eigenvalue weighted by molar-refractivity contribution is 5.94. The van der Waals surface area contributed by atoms with Gasteiger partial charge in [-0.2, -0.15) is 0 Å². The summed E-state index contributed by atoms with van der Waals surface area (Å²) in [5.41, 5.74) is 0.588. The van der Waals surface area contributed by atoms with Crippen molar-refractivity contribution >= 4 is 11.8 Å². The summed E-state index contributed by atoms with van der Waals surface area (Å²) in [5, 5.41) is 0. The molecule has 25 heavy (non-hydrogen) atoms. The third-order valence-corrected chi connectivity index (χ3v) is 4.92. The lowest BCUT2D eigenvalue weighted by atomic mass is 10.1. The fourth-order valence-electron chi connectivity index (χ4n) is 3.38. The fraction of sp³-hybridized carbons (Fsp3) is 0.611. The highest BCUT2D eigenvalue weighted by Gasteiger charge is 2.25. The number of methoxy groups -OCH3 is 1. The van der Waals surface area contributed by atoms with Crippen LogP contribution in [0.5, 0.6) is 5.88 Å². The van der Waals surface area contributed by atoms with Gasteiger partial charge < -0.3 is 14.5 Å². The second-order valence-corrected chi connectivity index (χ2v) is 6.60. The number of piperazine rings is 1. The van der Waals surface area contributed by atoms with Gasteiger partial charge in [0.05, 0.1) is 13.7 Å². The zero-order chi connectivity index (χ0) is 17.6. The van der Waals surface area contributed by atoms with E-state index < -0.39 is 0 Å². The smallest absolute Gasteiger partial charge is 0.254 e. The van der Waals surface area contributed by atoms with Gasteiger partial charge in [0.1, 0.15) is 0 Å². The molecule has 1 aromatic heterocycles. The molecular weight excluding hydrogens is 320 g/mol. The van der Waals surface area contributed by atoms with E-state index in [1.165, 1.54) is 13.5 Å². The first-order valence-electron chi connectivity index (χ1n) is 8.97. The summed E-state index contributed by atoms with van der Waals surface area (Å²) in [7, 11) is 1.54. The van der Waals surface area contributed by atoms with E-state index >= 15 is 0 Å². The zero-order valence-electron chi connectivity index (χ0n) is 14.8. The van der Waals surface area contributed by atoms with Gasteiger partial charge in [0.25, 0.3) is 5.91 Å². The lowest BCUT2D eigenvalue weighted by Crippen LogP contribution is -2.52. The van der Waals surface area contributed by atoms with Crippen molar-refractivity contribution < 1.29 is 14.3 Å². The molecule has 0 unspecified atom stereocenters. The largest absolute Gasteiger partial charge is 0.481 e. The van der Waals surface area contributed by atoms with E-state index in [1.807, 2.05) is 9.80 Å². The molecule has 2 fully saturated rings. The summed E-state index contributed by atoms with van der Waals surface area (Å²) < 4.78 is 5.08. The molecule has 2 amide bonds. The second-order valence-electron chi connectivity index (χ2n) is 6.60. The first kappa shape index (κ1) is 17.7. The molecule has 0 bridgehead atoms. The second kappa shape index (κ2) is 8.29. The molecule has 0 spiro atoms. The van der Waals surface area contributed by atoms with Crippen molar-refractivity contribution in [2.75, 3.05) is 52.9 Å². The topological polar surface area (TPSA) is 66.0 Å². The van der Waals surface area contributed by atoms with Crippen molar-refractivity contribution in [3.05, 3.63) is 23.9 Å². The average Bonchev–Trinajstić information content (AvgIpc) is 2.68. The monoisotopic (exact) mass is 346 g/mol. The molecule has 0 N–H and O–H groups in total. The Morgan fingerprint density at radius 2 is 1.76 bits per heavy atom. The third-order valence-electron chi connectivity index (χ3n) is 4.92. The molecular formula is C18H26N4O3. The summed E-state index contributed by atoms with van der Waals surface area (Å²) in [6.07, 6.45) is 5.04. The zero-order valence-corrected chi connectivity index (χ0v) is 14.8. The fourth-order valence-corrected chi connectivity index (χ4v) is 3.38. The number of carbonyl (C=O) groups excluding carboxylic acids is 2. The van der Waals surface area contributed by atoms with Crippen LogP contribution in [-0.2, 0) is 4.79 Å². The minimum atomic E-state index is -0.0114. The maximum absolute atomic E-state index is 12.6. The molecule has 2 aliphatic rings. The predicted molar refractivity (Wildman–Crippen MR) is 93.6 cm³/mol. The Kier molecular flexibility index (Phi) is 5.86. The molecule has 0 radical (unpaired) electrons. The molecule has 0 aliphatic carbocycles. The van der Waals surface area contributed by atoms with E-state index in [1.54, 1.807) is 18.3 Å². The molecule has 2 saturated heterocycles. The van der Waals surface area contributed by atoms with E-state index in [9.17, 15) is 9.59 Å². The van der Waals surface area contributed by atoms with Crippen LogP contribution in [0.2, 0.25) is 0 Å². The Bertz CT molecular complexity index is 608. The molecule has 1 aromatic rings. The molecule has 0 aromatic carbocycles. The summed E-state index contributed by atoms with van der Waals surface area (Å²) in [6.45, 7) is 4.97. The predicted octanol–water partition coefficient (Wildman–Crippen LogP) is 0.861. The van der Waals surface area contributed by atoms with Gasteiger partial charge in [-0.15, -0.1) is 0 Å². The first-order valence-corrected chi connectivity index (χ1v) is 8.97. The maximum Gasteiger partial charge on any atom is 0.254 e. The van der Waals surface area contributed by atoms with Gasteiger partial charge >= 0.3 is 0 Å². The van der Waals surface area contributed by atoms with Crippen LogP contribution >= 0.6 is 0 Å². The van der Waals surface area contributed by atoms with Crippen LogP contribution in [0.25, 0.3) is 0 Å². The molecule has 7 nitrogen and oxygen atoms in total. The molecule has 2 aliphatic heterocycles. The molecule has 136 valence electrons. The number of piperidine rings is 1. The standard InChI is InChI=1S/C18H26N4O3/c1-25-16-13-15(5-6-19-16)18(24)22-11-9-20(10-12-22)14-17(23)21-7-3-2-4-8-21/h5-6,13H,2-4,7-12,14H2,1H3. The number of amides is 2. The van der Waals surface area contributed by atoms with Crippen LogP contribution < -0.4 is 4.74 Å². The highest BCUT2D eigenvalue weighted by atomic mass is 16.5. The van der Waals surface area contributed by atoms with E-state index in [-0.39, 0.29) is 11.8 Å². The number of aromatic nitrogens is 1. The summed E-state index contributed by atoms with van der Waals surface area (Å²) in [5.74, 6) is 0.651. The average molecular weight is 346 g/mol. The lowest BCUT2D eigenvalue weighted by Gasteiger charge is -2.36. The van der Waals surface area contributed by atoms with Crippen LogP contribution in [0.1, 0.15) is 29.6 Å². The summed E-state index contributed by atoms with van der Waals surface area (Å²) in [6, 6.07) is 3.37. The van der Waals surface area contributed by atoms with Crippen LogP contribution in [-0.4, -0.2) is 84.4 Å². The molecule has 7 heteroatoms. The highest BCUT2D eigenvalue weighted by Crippen LogP contribution is 2.14. The van der Waals surface area contributed by atoms with Crippen LogP contribution in [0.4, 0.5) is 0 Å². The van der Waals surface area contributed by atoms with Crippen molar-refractivity contribution in [1.82, 2.24) is 19.7 Å². The molecule has 0 atom stereocenters. The number of nitrogens with zero attached hydrogens (tertiary/aromatic N) is 4. The van der Waals surface area contributed by atoms with Crippen molar-refractivity contribution in [1.29, 1.82) is 0 Å².